The van der Waals surface area contributed by atoms with Gasteiger partial charge in [-0.1, -0.05) is 32.9 Å². The van der Waals surface area contributed by atoms with Crippen LogP contribution < -0.4 is 25.6 Å². The first-order valence-electron chi connectivity index (χ1n) is 11.0. The Morgan fingerprint density at radius 1 is 0.848 bits per heavy atom. The van der Waals surface area contributed by atoms with E-state index in [1.165, 1.54) is 0 Å². The third-order valence-electron chi connectivity index (χ3n) is 4.76. The van der Waals surface area contributed by atoms with Crippen molar-refractivity contribution in [3.63, 3.8) is 0 Å². The first-order valence-corrected chi connectivity index (χ1v) is 11.0. The molecule has 2 aromatic rings. The van der Waals surface area contributed by atoms with Crippen molar-refractivity contribution in [3.05, 3.63) is 54.1 Å². The summed E-state index contributed by atoms with van der Waals surface area (Å²) in [7, 11) is 0. The van der Waals surface area contributed by atoms with E-state index in [1.54, 1.807) is 31.2 Å². The Labute approximate surface area is 195 Å². The van der Waals surface area contributed by atoms with Crippen molar-refractivity contribution in [2.75, 3.05) is 11.9 Å². The number of nitrogens with one attached hydrogen (secondary N) is 3. The summed E-state index contributed by atoms with van der Waals surface area (Å²) in [5.41, 5.74) is 6.42. The number of carbonyl (C=O) groups is 3. The molecule has 33 heavy (non-hydrogen) atoms. The fraction of sp³-hybridized carbons (Fsp3) is 0.400. The van der Waals surface area contributed by atoms with Gasteiger partial charge in [0.15, 0.2) is 6.10 Å². The Morgan fingerprint density at radius 2 is 1.42 bits per heavy atom. The molecule has 2 rings (SSSR count). The molecule has 1 atom stereocenters. The van der Waals surface area contributed by atoms with Crippen LogP contribution in [0.1, 0.15) is 53.0 Å². The molecule has 3 N–H and O–H groups in total. The molecular formula is C25H33N3O5. The van der Waals surface area contributed by atoms with Gasteiger partial charge in [-0.25, -0.2) is 0 Å². The van der Waals surface area contributed by atoms with Gasteiger partial charge >= 0.3 is 0 Å². The van der Waals surface area contributed by atoms with Crippen LogP contribution in [0.5, 0.6) is 11.5 Å². The van der Waals surface area contributed by atoms with Crippen LogP contribution in [0.3, 0.4) is 0 Å². The van der Waals surface area contributed by atoms with Crippen LogP contribution in [0.2, 0.25) is 0 Å². The van der Waals surface area contributed by atoms with Crippen molar-refractivity contribution in [3.8, 4) is 11.5 Å². The number of benzene rings is 2. The number of hydrogen-bond acceptors (Lipinski definition) is 5. The van der Waals surface area contributed by atoms with Gasteiger partial charge in [0, 0.05) is 18.5 Å². The maximum Gasteiger partial charge on any atom is 0.279 e. The summed E-state index contributed by atoms with van der Waals surface area (Å²) in [4.78, 5) is 36.2. The zero-order valence-electron chi connectivity index (χ0n) is 19.9. The molecule has 0 radical (unpaired) electrons. The van der Waals surface area contributed by atoms with Crippen molar-refractivity contribution in [1.29, 1.82) is 0 Å². The maximum absolute atomic E-state index is 12.2. The Bertz CT molecular complexity index is 934. The van der Waals surface area contributed by atoms with Gasteiger partial charge in [-0.2, -0.15) is 0 Å². The Morgan fingerprint density at radius 3 is 2.00 bits per heavy atom. The molecule has 0 aliphatic carbocycles. The third-order valence-corrected chi connectivity index (χ3v) is 4.76. The number of rotatable bonds is 9. The van der Waals surface area contributed by atoms with Crippen LogP contribution in [0, 0.1) is 0 Å². The van der Waals surface area contributed by atoms with Gasteiger partial charge in [0.25, 0.3) is 5.91 Å². The zero-order chi connectivity index (χ0) is 24.4. The normalized spacial score (nSPS) is 11.8. The van der Waals surface area contributed by atoms with Crippen LogP contribution in [-0.4, -0.2) is 30.4 Å². The first kappa shape index (κ1) is 25.7. The number of ether oxygens (including phenoxy) is 2. The van der Waals surface area contributed by atoms with E-state index in [-0.39, 0.29) is 24.2 Å². The smallest absolute Gasteiger partial charge is 0.279 e. The van der Waals surface area contributed by atoms with Gasteiger partial charge in [-0.05, 0) is 61.2 Å². The predicted molar refractivity (Wildman–Crippen MR) is 127 cm³/mol. The molecule has 0 aliphatic heterocycles. The van der Waals surface area contributed by atoms with Crippen molar-refractivity contribution in [2.24, 2.45) is 0 Å². The van der Waals surface area contributed by atoms with Crippen LogP contribution in [0.15, 0.2) is 48.5 Å². The average molecular weight is 456 g/mol. The summed E-state index contributed by atoms with van der Waals surface area (Å²) in [6.07, 6.45) is -0.915. The zero-order valence-corrected chi connectivity index (χ0v) is 19.9. The Balaban J connectivity index is 1.70. The summed E-state index contributed by atoms with van der Waals surface area (Å²) in [5, 5.41) is 2.71. The van der Waals surface area contributed by atoms with E-state index in [0.717, 1.165) is 5.56 Å². The summed E-state index contributed by atoms with van der Waals surface area (Å²) in [5.74, 6) is -0.0151. The van der Waals surface area contributed by atoms with E-state index in [4.69, 9.17) is 9.47 Å². The van der Waals surface area contributed by atoms with Crippen LogP contribution in [0.4, 0.5) is 5.69 Å². The molecule has 1 unspecified atom stereocenters. The lowest BCUT2D eigenvalue weighted by Crippen LogP contribution is -2.47. The molecule has 0 spiro atoms. The number of hydrogen-bond donors (Lipinski definition) is 3. The quantitative estimate of drug-likeness (QED) is 0.500. The molecule has 178 valence electrons. The molecular weight excluding hydrogens is 422 g/mol. The number of amides is 3. The van der Waals surface area contributed by atoms with Gasteiger partial charge in [-0.15, -0.1) is 0 Å². The highest BCUT2D eigenvalue weighted by Crippen LogP contribution is 2.24. The van der Waals surface area contributed by atoms with Gasteiger partial charge in [0.1, 0.15) is 11.5 Å². The van der Waals surface area contributed by atoms with Crippen molar-refractivity contribution in [1.82, 2.24) is 10.9 Å². The minimum absolute atomic E-state index is 0.0247. The molecule has 8 heteroatoms. The summed E-state index contributed by atoms with van der Waals surface area (Å²) in [6, 6.07) is 14.5. The van der Waals surface area contributed by atoms with Gasteiger partial charge in [-0.3, -0.25) is 25.2 Å². The van der Waals surface area contributed by atoms with Crippen LogP contribution in [-0.2, 0) is 19.8 Å². The maximum atomic E-state index is 12.2. The monoisotopic (exact) mass is 455 g/mol. The fourth-order valence-electron chi connectivity index (χ4n) is 2.84. The Hall–Kier alpha value is -3.55. The molecule has 0 saturated carbocycles. The minimum Gasteiger partial charge on any atom is -0.494 e. The van der Waals surface area contributed by atoms with Crippen molar-refractivity contribution < 1.29 is 23.9 Å². The molecule has 0 fully saturated rings. The lowest BCUT2D eigenvalue weighted by molar-refractivity contribution is -0.133. The highest BCUT2D eigenvalue weighted by molar-refractivity contribution is 5.93. The molecule has 8 nitrogen and oxygen atoms in total. The van der Waals surface area contributed by atoms with E-state index in [2.05, 4.69) is 36.9 Å². The minimum atomic E-state index is -0.811. The largest absolute Gasteiger partial charge is 0.494 e. The van der Waals surface area contributed by atoms with Crippen LogP contribution >= 0.6 is 0 Å². The SMILES string of the molecule is CCOc1ccc(NC(=O)CCC(=O)NNC(=O)C(C)Oc2ccc(C(C)(C)C)cc2)cc1. The average Bonchev–Trinajstić information content (AvgIpc) is 2.77. The molecule has 0 bridgehead atoms. The van der Waals surface area contributed by atoms with Gasteiger partial charge < -0.3 is 14.8 Å². The second kappa shape index (κ2) is 11.9. The molecule has 0 heterocycles. The predicted octanol–water partition coefficient (Wildman–Crippen LogP) is 3.72. The standard InChI is InChI=1S/C25H33N3O5/c1-6-32-20-13-9-19(10-14-20)26-22(29)15-16-23(30)27-28-24(31)17(2)33-21-11-7-18(8-12-21)25(3,4)5/h7-14,17H,6,15-16H2,1-5H3,(H,26,29)(H,27,30)(H,28,31). The summed E-state index contributed by atoms with van der Waals surface area (Å²) in [6.45, 7) is 10.4. The highest BCUT2D eigenvalue weighted by atomic mass is 16.5. The van der Waals surface area contributed by atoms with Crippen molar-refractivity contribution >= 4 is 23.4 Å². The molecule has 0 saturated heterocycles. The first-order chi connectivity index (χ1) is 15.6. The van der Waals surface area contributed by atoms with Gasteiger partial charge in [0.2, 0.25) is 11.8 Å². The molecule has 0 aliphatic rings. The summed E-state index contributed by atoms with van der Waals surface area (Å²) < 4.78 is 11.0. The van der Waals surface area contributed by atoms with Gasteiger partial charge in [0.05, 0.1) is 6.61 Å². The molecule has 3 amide bonds. The lowest BCUT2D eigenvalue weighted by atomic mass is 9.87. The highest BCUT2D eigenvalue weighted by Gasteiger charge is 2.17. The molecule has 2 aromatic carbocycles. The van der Waals surface area contributed by atoms with Crippen molar-refractivity contribution in [2.45, 2.75) is 59.0 Å². The van der Waals surface area contributed by atoms with E-state index < -0.39 is 17.9 Å². The second-order valence-electron chi connectivity index (χ2n) is 8.58. The summed E-state index contributed by atoms with van der Waals surface area (Å²) >= 11 is 0. The van der Waals surface area contributed by atoms with E-state index in [0.29, 0.717) is 23.8 Å². The second-order valence-corrected chi connectivity index (χ2v) is 8.58. The van der Waals surface area contributed by atoms with Crippen LogP contribution in [0.25, 0.3) is 0 Å². The fourth-order valence-corrected chi connectivity index (χ4v) is 2.84. The number of anilines is 1. The number of carbonyl (C=O) groups excluding carboxylic acids is 3. The van der Waals surface area contributed by atoms with E-state index in [9.17, 15) is 14.4 Å². The van der Waals surface area contributed by atoms with E-state index in [1.807, 2.05) is 31.2 Å². The third kappa shape index (κ3) is 8.84. The lowest BCUT2D eigenvalue weighted by Gasteiger charge is -2.20. The molecule has 0 aromatic heterocycles. The number of hydrazine groups is 1. The van der Waals surface area contributed by atoms with E-state index >= 15 is 0 Å². The topological polar surface area (TPSA) is 106 Å². The Kier molecular flexibility index (Phi) is 9.27.